The molecule has 0 radical (unpaired) electrons. The number of nitrogens with zero attached hydrogens (tertiary/aromatic N) is 1. The van der Waals surface area contributed by atoms with Crippen molar-refractivity contribution in [3.05, 3.63) is 59.9 Å². The first kappa shape index (κ1) is 18.3. The molecule has 134 valence electrons. The van der Waals surface area contributed by atoms with E-state index in [-0.39, 0.29) is 11.5 Å². The Morgan fingerprint density at radius 2 is 1.85 bits per heavy atom. The van der Waals surface area contributed by atoms with Crippen LogP contribution in [0.15, 0.2) is 52.9 Å². The first-order valence-electron chi connectivity index (χ1n) is 7.95. The highest BCUT2D eigenvalue weighted by atomic mass is 32.2. The van der Waals surface area contributed by atoms with Crippen LogP contribution in [0.3, 0.4) is 0 Å². The van der Waals surface area contributed by atoms with E-state index in [1.54, 1.807) is 23.1 Å². The van der Waals surface area contributed by atoms with E-state index in [9.17, 15) is 14.0 Å². The highest BCUT2D eigenvalue weighted by Crippen LogP contribution is 2.29. The monoisotopic (exact) mass is 389 g/mol. The molecule has 0 fully saturated rings. The zero-order valence-electron chi connectivity index (χ0n) is 13.7. The van der Waals surface area contributed by atoms with Gasteiger partial charge in [-0.1, -0.05) is 23.9 Å². The zero-order valence-corrected chi connectivity index (χ0v) is 15.3. The minimum absolute atomic E-state index is 0.273. The molecular weight excluding hydrogens is 373 g/mol. The summed E-state index contributed by atoms with van der Waals surface area (Å²) in [6, 6.07) is 13.0. The molecule has 0 unspecified atom stereocenters. The van der Waals surface area contributed by atoms with Crippen LogP contribution in [0.25, 0.3) is 10.2 Å². The number of hydrogen-bond donors (Lipinski definition) is 2. The molecule has 3 rings (SSSR count). The third-order valence-corrected chi connectivity index (χ3v) is 5.74. The maximum atomic E-state index is 12.8. The van der Waals surface area contributed by atoms with Gasteiger partial charge in [0, 0.05) is 17.7 Å². The van der Waals surface area contributed by atoms with Crippen LogP contribution in [-0.2, 0) is 4.79 Å². The van der Waals surface area contributed by atoms with Crippen LogP contribution in [0.4, 0.5) is 4.39 Å². The molecule has 0 atom stereocenters. The molecule has 0 aliphatic rings. The van der Waals surface area contributed by atoms with Crippen LogP contribution in [0.1, 0.15) is 23.2 Å². The Hall–Kier alpha value is -2.45. The molecule has 2 N–H and O–H groups in total. The number of nitrogens with one attached hydrogen (secondary N) is 2. The Balaban J connectivity index is 1.36. The van der Waals surface area contributed by atoms with Gasteiger partial charge in [-0.2, -0.15) is 0 Å². The van der Waals surface area contributed by atoms with Gasteiger partial charge in [0.1, 0.15) is 5.82 Å². The molecule has 2 amide bonds. The van der Waals surface area contributed by atoms with Crippen molar-refractivity contribution in [1.29, 1.82) is 0 Å². The van der Waals surface area contributed by atoms with Crippen LogP contribution in [-0.4, -0.2) is 22.6 Å². The van der Waals surface area contributed by atoms with Crippen molar-refractivity contribution in [1.82, 2.24) is 15.8 Å². The SMILES string of the molecule is O=C(CCCSc1nc2ccccc2s1)NNC(=O)c1ccc(F)cc1. The highest BCUT2D eigenvalue weighted by molar-refractivity contribution is 8.01. The van der Waals surface area contributed by atoms with E-state index in [0.29, 0.717) is 12.8 Å². The second-order valence-corrected chi connectivity index (χ2v) is 7.78. The van der Waals surface area contributed by atoms with E-state index in [1.807, 2.05) is 24.3 Å². The van der Waals surface area contributed by atoms with Gasteiger partial charge < -0.3 is 0 Å². The Labute approximate surface area is 158 Å². The summed E-state index contributed by atoms with van der Waals surface area (Å²) < 4.78 is 14.9. The summed E-state index contributed by atoms with van der Waals surface area (Å²) in [6.07, 6.45) is 0.959. The number of thioether (sulfide) groups is 1. The number of para-hydroxylation sites is 1. The predicted molar refractivity (Wildman–Crippen MR) is 102 cm³/mol. The Morgan fingerprint density at radius 1 is 1.08 bits per heavy atom. The lowest BCUT2D eigenvalue weighted by atomic mass is 10.2. The van der Waals surface area contributed by atoms with Gasteiger partial charge in [0.2, 0.25) is 5.91 Å². The molecular formula is C18H16FN3O2S2. The third kappa shape index (κ3) is 5.03. The Bertz CT molecular complexity index is 879. The van der Waals surface area contributed by atoms with E-state index < -0.39 is 11.7 Å². The van der Waals surface area contributed by atoms with Crippen molar-refractivity contribution in [2.45, 2.75) is 17.2 Å². The van der Waals surface area contributed by atoms with Crippen LogP contribution in [0.5, 0.6) is 0 Å². The number of fused-ring (bicyclic) bond motifs is 1. The van der Waals surface area contributed by atoms with Gasteiger partial charge in [0.05, 0.1) is 10.2 Å². The zero-order chi connectivity index (χ0) is 18.4. The van der Waals surface area contributed by atoms with E-state index in [1.165, 1.54) is 24.3 Å². The normalized spacial score (nSPS) is 10.7. The number of aromatic nitrogens is 1. The average molecular weight is 389 g/mol. The molecule has 2 aromatic carbocycles. The summed E-state index contributed by atoms with van der Waals surface area (Å²) in [5.41, 5.74) is 5.94. The summed E-state index contributed by atoms with van der Waals surface area (Å²) in [5.74, 6) is -0.414. The Kier molecular flexibility index (Phi) is 6.19. The lowest BCUT2D eigenvalue weighted by molar-refractivity contribution is -0.121. The molecule has 8 heteroatoms. The van der Waals surface area contributed by atoms with Gasteiger partial charge in [0.15, 0.2) is 4.34 Å². The molecule has 0 spiro atoms. The van der Waals surface area contributed by atoms with Crippen molar-refractivity contribution in [2.75, 3.05) is 5.75 Å². The van der Waals surface area contributed by atoms with Gasteiger partial charge in [-0.15, -0.1) is 11.3 Å². The van der Waals surface area contributed by atoms with E-state index in [0.717, 1.165) is 20.3 Å². The number of rotatable bonds is 6. The molecule has 3 aromatic rings. The summed E-state index contributed by atoms with van der Waals surface area (Å²) in [5, 5.41) is 0. The number of hydrogen-bond acceptors (Lipinski definition) is 5. The summed E-state index contributed by atoms with van der Waals surface area (Å²) in [4.78, 5) is 28.1. The molecule has 0 aliphatic heterocycles. The number of amides is 2. The molecule has 5 nitrogen and oxygen atoms in total. The summed E-state index contributed by atoms with van der Waals surface area (Å²) in [7, 11) is 0. The van der Waals surface area contributed by atoms with Gasteiger partial charge >= 0.3 is 0 Å². The van der Waals surface area contributed by atoms with Crippen molar-refractivity contribution in [3.8, 4) is 0 Å². The number of carbonyl (C=O) groups excluding carboxylic acids is 2. The van der Waals surface area contributed by atoms with Gasteiger partial charge in [-0.25, -0.2) is 9.37 Å². The van der Waals surface area contributed by atoms with Crippen molar-refractivity contribution >= 4 is 45.1 Å². The van der Waals surface area contributed by atoms with Gasteiger partial charge in [-0.05, 0) is 42.8 Å². The fourth-order valence-electron chi connectivity index (χ4n) is 2.17. The molecule has 1 heterocycles. The second-order valence-electron chi connectivity index (χ2n) is 5.41. The number of carbonyl (C=O) groups is 2. The highest BCUT2D eigenvalue weighted by Gasteiger charge is 2.08. The maximum absolute atomic E-state index is 12.8. The topological polar surface area (TPSA) is 71.1 Å². The number of hydrazine groups is 1. The van der Waals surface area contributed by atoms with Gasteiger partial charge in [0.25, 0.3) is 5.91 Å². The van der Waals surface area contributed by atoms with E-state index in [2.05, 4.69) is 15.8 Å². The minimum Gasteiger partial charge on any atom is -0.273 e. The average Bonchev–Trinajstić information content (AvgIpc) is 3.06. The Morgan fingerprint density at radius 3 is 2.62 bits per heavy atom. The van der Waals surface area contributed by atoms with Crippen LogP contribution < -0.4 is 10.9 Å². The molecule has 0 saturated carbocycles. The first-order valence-corrected chi connectivity index (χ1v) is 9.75. The molecule has 0 aliphatic carbocycles. The lowest BCUT2D eigenvalue weighted by Crippen LogP contribution is -2.41. The first-order chi connectivity index (χ1) is 12.6. The summed E-state index contributed by atoms with van der Waals surface area (Å²) >= 11 is 3.25. The summed E-state index contributed by atoms with van der Waals surface area (Å²) in [6.45, 7) is 0. The predicted octanol–water partition coefficient (Wildman–Crippen LogP) is 3.77. The largest absolute Gasteiger partial charge is 0.273 e. The smallest absolute Gasteiger partial charge is 0.269 e. The van der Waals surface area contributed by atoms with Gasteiger partial charge in [-0.3, -0.25) is 20.4 Å². The molecule has 0 bridgehead atoms. The number of benzene rings is 2. The van der Waals surface area contributed by atoms with E-state index in [4.69, 9.17) is 0 Å². The molecule has 0 saturated heterocycles. The number of halogens is 1. The van der Waals surface area contributed by atoms with Crippen LogP contribution in [0, 0.1) is 5.82 Å². The number of thiazole rings is 1. The molecule has 1 aromatic heterocycles. The maximum Gasteiger partial charge on any atom is 0.269 e. The fraction of sp³-hybridized carbons (Fsp3) is 0.167. The standard InChI is InChI=1S/C18H16FN3O2S2/c19-13-9-7-12(8-10-13)17(24)22-21-16(23)6-3-11-25-18-20-14-4-1-2-5-15(14)26-18/h1-2,4-5,7-10H,3,6,11H2,(H,21,23)(H,22,24). The minimum atomic E-state index is -0.484. The third-order valence-electron chi connectivity index (χ3n) is 3.47. The van der Waals surface area contributed by atoms with Crippen molar-refractivity contribution in [3.63, 3.8) is 0 Å². The second kappa shape index (κ2) is 8.77. The quantitative estimate of drug-likeness (QED) is 0.382. The lowest BCUT2D eigenvalue weighted by Gasteiger charge is -2.07. The van der Waals surface area contributed by atoms with Crippen LogP contribution >= 0.6 is 23.1 Å². The van der Waals surface area contributed by atoms with E-state index >= 15 is 0 Å². The fourth-order valence-corrected chi connectivity index (χ4v) is 4.25. The molecule has 26 heavy (non-hydrogen) atoms. The van der Waals surface area contributed by atoms with Crippen molar-refractivity contribution < 1.29 is 14.0 Å². The van der Waals surface area contributed by atoms with Crippen molar-refractivity contribution in [2.24, 2.45) is 0 Å². The van der Waals surface area contributed by atoms with Crippen LogP contribution in [0.2, 0.25) is 0 Å².